The Kier molecular flexibility index (Phi) is 5.30. The number of aliphatic carboxylic acids is 1. The first-order valence-corrected chi connectivity index (χ1v) is 11.1. The van der Waals surface area contributed by atoms with Crippen molar-refractivity contribution >= 4 is 5.97 Å². The van der Waals surface area contributed by atoms with Gasteiger partial charge in [-0.2, -0.15) is 0 Å². The lowest BCUT2D eigenvalue weighted by molar-refractivity contribution is -0.152. The Bertz CT molecular complexity index is 500. The van der Waals surface area contributed by atoms with Crippen LogP contribution < -0.4 is 0 Å². The summed E-state index contributed by atoms with van der Waals surface area (Å²) in [7, 11) is 0. The van der Waals surface area contributed by atoms with Crippen molar-refractivity contribution in [3.63, 3.8) is 0 Å². The van der Waals surface area contributed by atoms with Crippen LogP contribution in [0.5, 0.6) is 0 Å². The van der Waals surface area contributed by atoms with E-state index in [9.17, 15) is 9.90 Å². The van der Waals surface area contributed by atoms with Crippen LogP contribution in [-0.2, 0) is 4.79 Å². The van der Waals surface area contributed by atoms with Crippen LogP contribution in [0.25, 0.3) is 0 Å². The second kappa shape index (κ2) is 6.89. The van der Waals surface area contributed by atoms with Crippen LogP contribution in [0.4, 0.5) is 0 Å². The molecule has 0 aromatic rings. The molecule has 0 amide bonds. The highest BCUT2D eigenvalue weighted by atomic mass is 16.4. The maximum absolute atomic E-state index is 11.7. The summed E-state index contributed by atoms with van der Waals surface area (Å²) in [5, 5.41) is 9.68. The molecule has 4 aliphatic carbocycles. The summed E-state index contributed by atoms with van der Waals surface area (Å²) >= 11 is 0. The highest BCUT2D eigenvalue weighted by molar-refractivity contribution is 5.71. The average molecular weight is 349 g/mol. The molecule has 0 saturated heterocycles. The molecule has 2 heteroatoms. The Hall–Kier alpha value is -0.530. The van der Waals surface area contributed by atoms with E-state index < -0.39 is 5.97 Å². The maximum atomic E-state index is 11.7. The SMILES string of the molecule is CC.CC1CCC2(C)C(CCC3C2CCC2(C)C(C(=O)O)CCC32)C1. The van der Waals surface area contributed by atoms with Gasteiger partial charge in [-0.1, -0.05) is 41.0 Å². The van der Waals surface area contributed by atoms with Gasteiger partial charge in [0.05, 0.1) is 5.92 Å². The zero-order valence-corrected chi connectivity index (χ0v) is 17.2. The van der Waals surface area contributed by atoms with E-state index in [0.29, 0.717) is 11.3 Å². The number of rotatable bonds is 1. The molecule has 0 radical (unpaired) electrons. The van der Waals surface area contributed by atoms with Crippen LogP contribution in [0.2, 0.25) is 0 Å². The van der Waals surface area contributed by atoms with Gasteiger partial charge in [0.2, 0.25) is 0 Å². The van der Waals surface area contributed by atoms with E-state index in [0.717, 1.165) is 36.5 Å². The molecule has 0 spiro atoms. The van der Waals surface area contributed by atoms with E-state index in [-0.39, 0.29) is 11.3 Å². The zero-order valence-electron chi connectivity index (χ0n) is 17.2. The van der Waals surface area contributed by atoms with E-state index in [1.165, 1.54) is 44.9 Å². The molecule has 1 N–H and O–H groups in total. The van der Waals surface area contributed by atoms with Crippen LogP contribution >= 0.6 is 0 Å². The molecule has 8 unspecified atom stereocenters. The Morgan fingerprint density at radius 2 is 1.52 bits per heavy atom. The summed E-state index contributed by atoms with van der Waals surface area (Å²) < 4.78 is 0. The fourth-order valence-corrected chi connectivity index (χ4v) is 7.88. The lowest BCUT2D eigenvalue weighted by Crippen LogP contribution is -2.53. The molecule has 0 aliphatic heterocycles. The smallest absolute Gasteiger partial charge is 0.307 e. The van der Waals surface area contributed by atoms with Crippen LogP contribution in [0, 0.1) is 46.3 Å². The van der Waals surface area contributed by atoms with Gasteiger partial charge in [0.25, 0.3) is 0 Å². The van der Waals surface area contributed by atoms with Crippen molar-refractivity contribution < 1.29 is 9.90 Å². The number of carboxylic acid groups (broad SMARTS) is 1. The summed E-state index contributed by atoms with van der Waals surface area (Å²) in [6, 6.07) is 0. The van der Waals surface area contributed by atoms with E-state index in [1.54, 1.807) is 0 Å². The van der Waals surface area contributed by atoms with Crippen molar-refractivity contribution in [3.8, 4) is 0 Å². The molecule has 4 aliphatic rings. The largest absolute Gasteiger partial charge is 0.481 e. The van der Waals surface area contributed by atoms with Gasteiger partial charge in [0.15, 0.2) is 0 Å². The third-order valence-electron chi connectivity index (χ3n) is 9.23. The van der Waals surface area contributed by atoms with Crippen LogP contribution in [-0.4, -0.2) is 11.1 Å². The number of hydrogen-bond acceptors (Lipinski definition) is 1. The van der Waals surface area contributed by atoms with E-state index in [1.807, 2.05) is 13.8 Å². The molecule has 2 nitrogen and oxygen atoms in total. The predicted octanol–water partition coefficient (Wildman–Crippen LogP) is 6.39. The van der Waals surface area contributed by atoms with E-state index in [2.05, 4.69) is 20.8 Å². The Morgan fingerprint density at radius 3 is 2.20 bits per heavy atom. The number of fused-ring (bicyclic) bond motifs is 5. The van der Waals surface area contributed by atoms with Crippen molar-refractivity contribution in [2.75, 3.05) is 0 Å². The minimum Gasteiger partial charge on any atom is -0.481 e. The minimum atomic E-state index is -0.528. The fraction of sp³-hybridized carbons (Fsp3) is 0.957. The molecule has 8 atom stereocenters. The summed E-state index contributed by atoms with van der Waals surface area (Å²) in [4.78, 5) is 11.7. The first kappa shape index (κ1) is 19.2. The van der Waals surface area contributed by atoms with Gasteiger partial charge >= 0.3 is 5.97 Å². The van der Waals surface area contributed by atoms with Crippen LogP contribution in [0.3, 0.4) is 0 Å². The van der Waals surface area contributed by atoms with Crippen molar-refractivity contribution in [1.29, 1.82) is 0 Å². The molecular formula is C23H40O2. The average Bonchev–Trinajstić information content (AvgIpc) is 2.95. The summed E-state index contributed by atoms with van der Waals surface area (Å²) in [6.07, 6.45) is 11.6. The second-order valence-electron chi connectivity index (χ2n) is 10.0. The molecule has 25 heavy (non-hydrogen) atoms. The standard InChI is InChI=1S/C21H34O2.C2H6/c1-13-8-10-20(2)14(12-13)4-5-15-16-6-7-18(19(22)23)21(16,3)11-9-17(15)20;1-2/h13-18H,4-12H2,1-3H3,(H,22,23);1-2H3. The quantitative estimate of drug-likeness (QED) is 0.596. The topological polar surface area (TPSA) is 37.3 Å². The molecule has 0 heterocycles. The molecule has 4 saturated carbocycles. The zero-order chi connectivity index (χ0) is 18.4. The number of hydrogen-bond donors (Lipinski definition) is 1. The summed E-state index contributed by atoms with van der Waals surface area (Å²) in [6.45, 7) is 11.4. The first-order chi connectivity index (χ1) is 11.9. The summed E-state index contributed by atoms with van der Waals surface area (Å²) in [5.41, 5.74) is 0.635. The predicted molar refractivity (Wildman–Crippen MR) is 103 cm³/mol. The monoisotopic (exact) mass is 348 g/mol. The van der Waals surface area contributed by atoms with E-state index >= 15 is 0 Å². The molecular weight excluding hydrogens is 308 g/mol. The molecule has 0 aromatic heterocycles. The van der Waals surface area contributed by atoms with Gasteiger partial charge < -0.3 is 5.11 Å². The molecule has 0 aromatic carbocycles. The lowest BCUT2D eigenvalue weighted by atomic mass is 9.44. The molecule has 4 rings (SSSR count). The first-order valence-electron chi connectivity index (χ1n) is 11.1. The normalized spacial score (nSPS) is 51.4. The summed E-state index contributed by atoms with van der Waals surface area (Å²) in [5.74, 6) is 3.62. The molecule has 144 valence electrons. The van der Waals surface area contributed by atoms with E-state index in [4.69, 9.17) is 0 Å². The Balaban J connectivity index is 0.000000880. The van der Waals surface area contributed by atoms with Gasteiger partial charge in [0.1, 0.15) is 0 Å². The Labute approximate surface area is 155 Å². The Morgan fingerprint density at radius 1 is 0.880 bits per heavy atom. The minimum absolute atomic E-state index is 0.0784. The van der Waals surface area contributed by atoms with Crippen molar-refractivity contribution in [1.82, 2.24) is 0 Å². The van der Waals surface area contributed by atoms with Gasteiger partial charge in [-0.25, -0.2) is 0 Å². The van der Waals surface area contributed by atoms with Gasteiger partial charge in [-0.15, -0.1) is 0 Å². The van der Waals surface area contributed by atoms with Crippen LogP contribution in [0.15, 0.2) is 0 Å². The third-order valence-corrected chi connectivity index (χ3v) is 9.23. The number of carboxylic acids is 1. The highest BCUT2D eigenvalue weighted by Gasteiger charge is 2.61. The lowest BCUT2D eigenvalue weighted by Gasteiger charge is -2.61. The van der Waals surface area contributed by atoms with Crippen molar-refractivity contribution in [2.24, 2.45) is 46.3 Å². The third kappa shape index (κ3) is 2.86. The van der Waals surface area contributed by atoms with Crippen molar-refractivity contribution in [2.45, 2.75) is 92.4 Å². The molecule has 0 bridgehead atoms. The molecule has 4 fully saturated rings. The van der Waals surface area contributed by atoms with Gasteiger partial charge in [-0.05, 0) is 91.8 Å². The number of carbonyl (C=O) groups is 1. The van der Waals surface area contributed by atoms with Gasteiger partial charge in [-0.3, -0.25) is 4.79 Å². The van der Waals surface area contributed by atoms with Crippen LogP contribution in [0.1, 0.15) is 92.4 Å². The van der Waals surface area contributed by atoms with Gasteiger partial charge in [0, 0.05) is 0 Å². The fourth-order valence-electron chi connectivity index (χ4n) is 7.88. The van der Waals surface area contributed by atoms with Crippen molar-refractivity contribution in [3.05, 3.63) is 0 Å². The maximum Gasteiger partial charge on any atom is 0.307 e. The highest BCUT2D eigenvalue weighted by Crippen LogP contribution is 2.67. The second-order valence-corrected chi connectivity index (χ2v) is 10.0.